The summed E-state index contributed by atoms with van der Waals surface area (Å²) in [4.78, 5) is 4.66. The number of hydrogen-bond donors (Lipinski definition) is 2. The van der Waals surface area contributed by atoms with Crippen LogP contribution in [0.4, 0.5) is 11.5 Å². The Morgan fingerprint density at radius 2 is 1.81 bits per heavy atom. The zero-order valence-electron chi connectivity index (χ0n) is 15.2. The lowest BCUT2D eigenvalue weighted by molar-refractivity contribution is 0.493. The van der Waals surface area contributed by atoms with Crippen LogP contribution in [-0.4, -0.2) is 35.5 Å². The van der Waals surface area contributed by atoms with Crippen molar-refractivity contribution in [1.29, 1.82) is 0 Å². The summed E-state index contributed by atoms with van der Waals surface area (Å²) in [5.74, 6) is 1.13. The van der Waals surface area contributed by atoms with Gasteiger partial charge >= 0.3 is 0 Å². The van der Waals surface area contributed by atoms with Gasteiger partial charge in [-0.05, 0) is 30.6 Å². The first-order chi connectivity index (χ1) is 12.6. The van der Waals surface area contributed by atoms with E-state index in [1.165, 1.54) is 5.56 Å². The first-order valence-corrected chi connectivity index (χ1v) is 9.15. The van der Waals surface area contributed by atoms with Crippen LogP contribution in [0.25, 0.3) is 5.70 Å². The molecule has 2 aromatic rings. The molecule has 1 fully saturated rings. The van der Waals surface area contributed by atoms with Gasteiger partial charge in [0.25, 0.3) is 0 Å². The topological polar surface area (TPSA) is 76.3 Å². The van der Waals surface area contributed by atoms with E-state index in [1.807, 2.05) is 30.1 Å². The van der Waals surface area contributed by atoms with Gasteiger partial charge in [0.1, 0.15) is 5.69 Å². The van der Waals surface area contributed by atoms with Crippen molar-refractivity contribution in [3.8, 4) is 0 Å². The number of aromatic nitrogens is 2. The van der Waals surface area contributed by atoms with Crippen LogP contribution < -0.4 is 21.3 Å². The van der Waals surface area contributed by atoms with Crippen LogP contribution >= 0.6 is 0 Å². The summed E-state index contributed by atoms with van der Waals surface area (Å²) >= 11 is 0. The lowest BCUT2D eigenvalue weighted by Gasteiger charge is -2.36. The Morgan fingerprint density at radius 1 is 1.08 bits per heavy atom. The van der Waals surface area contributed by atoms with E-state index in [1.54, 1.807) is 0 Å². The van der Waals surface area contributed by atoms with E-state index in [4.69, 9.17) is 11.5 Å². The molecule has 0 atom stereocenters. The van der Waals surface area contributed by atoms with Gasteiger partial charge < -0.3 is 21.3 Å². The molecule has 1 saturated heterocycles. The van der Waals surface area contributed by atoms with Gasteiger partial charge in [0.05, 0.1) is 12.7 Å². The highest BCUT2D eigenvalue weighted by atomic mass is 15.4. The molecule has 4 N–H and O–H groups in total. The third kappa shape index (κ3) is 3.08. The fourth-order valence-electron chi connectivity index (χ4n) is 3.76. The molecule has 6 heteroatoms. The number of aryl methyl sites for hydroxylation is 1. The first kappa shape index (κ1) is 16.7. The van der Waals surface area contributed by atoms with Crippen molar-refractivity contribution in [3.05, 3.63) is 59.9 Å². The van der Waals surface area contributed by atoms with E-state index in [2.05, 4.69) is 45.2 Å². The molecule has 0 saturated carbocycles. The van der Waals surface area contributed by atoms with E-state index in [0.29, 0.717) is 12.6 Å². The van der Waals surface area contributed by atoms with E-state index >= 15 is 0 Å². The number of rotatable bonds is 3. The molecule has 26 heavy (non-hydrogen) atoms. The van der Waals surface area contributed by atoms with Crippen molar-refractivity contribution in [2.75, 3.05) is 29.4 Å². The summed E-state index contributed by atoms with van der Waals surface area (Å²) in [6, 6.07) is 10.7. The Kier molecular flexibility index (Phi) is 4.42. The van der Waals surface area contributed by atoms with Gasteiger partial charge in [0.2, 0.25) is 0 Å². The van der Waals surface area contributed by atoms with Crippen LogP contribution in [0.5, 0.6) is 0 Å². The molecule has 0 amide bonds. The predicted molar refractivity (Wildman–Crippen MR) is 107 cm³/mol. The van der Waals surface area contributed by atoms with Crippen molar-refractivity contribution >= 4 is 17.2 Å². The number of anilines is 2. The van der Waals surface area contributed by atoms with E-state index in [-0.39, 0.29) is 0 Å². The molecule has 0 bridgehead atoms. The summed E-state index contributed by atoms with van der Waals surface area (Å²) in [6.07, 6.45) is 8.05. The summed E-state index contributed by atoms with van der Waals surface area (Å²) in [5, 5.41) is 4.55. The smallest absolute Gasteiger partial charge is 0.150 e. The average molecular weight is 350 g/mol. The molecular weight excluding hydrogens is 324 g/mol. The van der Waals surface area contributed by atoms with Crippen molar-refractivity contribution in [2.24, 2.45) is 18.5 Å². The Morgan fingerprint density at radius 3 is 2.54 bits per heavy atom. The standard InChI is InChI=1S/C20H26N6/c1-24-20(25-11-9-16(21)10-12-25)19(13-23-24)26-14-17(22)7-8-18(26)15-5-3-2-4-6-15/h2-8,13,16H,9-12,14,21-22H2,1H3. The van der Waals surface area contributed by atoms with Crippen LogP contribution in [0.3, 0.4) is 0 Å². The highest BCUT2D eigenvalue weighted by molar-refractivity contribution is 5.86. The molecule has 1 aromatic carbocycles. The van der Waals surface area contributed by atoms with Crippen LogP contribution in [-0.2, 0) is 7.05 Å². The molecule has 3 heterocycles. The Bertz CT molecular complexity index is 827. The number of nitrogens with two attached hydrogens (primary N) is 2. The van der Waals surface area contributed by atoms with Gasteiger partial charge in [-0.15, -0.1) is 0 Å². The first-order valence-electron chi connectivity index (χ1n) is 9.15. The SMILES string of the molecule is Cn1ncc(N2CC(N)=CC=C2c2ccccc2)c1N1CCC(N)CC1. The number of nitrogens with zero attached hydrogens (tertiary/aromatic N) is 4. The van der Waals surface area contributed by atoms with Gasteiger partial charge in [-0.2, -0.15) is 5.10 Å². The van der Waals surface area contributed by atoms with Crippen molar-refractivity contribution in [3.63, 3.8) is 0 Å². The second kappa shape index (κ2) is 6.88. The largest absolute Gasteiger partial charge is 0.401 e. The molecule has 2 aliphatic rings. The molecule has 0 radical (unpaired) electrons. The third-order valence-corrected chi connectivity index (χ3v) is 5.18. The van der Waals surface area contributed by atoms with E-state index in [9.17, 15) is 0 Å². The fraction of sp³-hybridized carbons (Fsp3) is 0.350. The quantitative estimate of drug-likeness (QED) is 0.886. The summed E-state index contributed by atoms with van der Waals surface area (Å²) in [6.45, 7) is 2.57. The summed E-state index contributed by atoms with van der Waals surface area (Å²) in [5.41, 5.74) is 16.5. The van der Waals surface area contributed by atoms with Gasteiger partial charge in [0, 0.05) is 37.6 Å². The molecule has 136 valence electrons. The Labute approximate surface area is 154 Å². The lowest BCUT2D eigenvalue weighted by Crippen LogP contribution is -2.41. The summed E-state index contributed by atoms with van der Waals surface area (Å²) in [7, 11) is 2.00. The number of hydrogen-bond acceptors (Lipinski definition) is 5. The van der Waals surface area contributed by atoms with Crippen LogP contribution in [0.1, 0.15) is 18.4 Å². The van der Waals surface area contributed by atoms with Crippen molar-refractivity contribution in [2.45, 2.75) is 18.9 Å². The Hall–Kier alpha value is -2.73. The molecule has 0 aliphatic carbocycles. The zero-order valence-corrected chi connectivity index (χ0v) is 15.2. The van der Waals surface area contributed by atoms with Gasteiger partial charge in [-0.25, -0.2) is 0 Å². The minimum absolute atomic E-state index is 0.302. The molecular formula is C20H26N6. The maximum atomic E-state index is 6.17. The van der Waals surface area contributed by atoms with Crippen molar-refractivity contribution in [1.82, 2.24) is 9.78 Å². The highest BCUT2D eigenvalue weighted by Crippen LogP contribution is 2.37. The zero-order chi connectivity index (χ0) is 18.1. The minimum atomic E-state index is 0.302. The molecule has 6 nitrogen and oxygen atoms in total. The second-order valence-electron chi connectivity index (χ2n) is 7.05. The predicted octanol–water partition coefficient (Wildman–Crippen LogP) is 2.05. The number of allylic oxidation sites excluding steroid dienone is 2. The average Bonchev–Trinajstić information content (AvgIpc) is 3.04. The van der Waals surface area contributed by atoms with Gasteiger partial charge in [-0.3, -0.25) is 4.68 Å². The second-order valence-corrected chi connectivity index (χ2v) is 7.05. The maximum Gasteiger partial charge on any atom is 0.150 e. The maximum absolute atomic E-state index is 6.17. The third-order valence-electron chi connectivity index (χ3n) is 5.18. The van der Waals surface area contributed by atoms with Crippen LogP contribution in [0, 0.1) is 0 Å². The highest BCUT2D eigenvalue weighted by Gasteiger charge is 2.27. The molecule has 0 unspecified atom stereocenters. The van der Waals surface area contributed by atoms with Gasteiger partial charge in [0.15, 0.2) is 5.82 Å². The molecule has 1 aromatic heterocycles. The van der Waals surface area contributed by atoms with E-state index < -0.39 is 0 Å². The number of benzene rings is 1. The van der Waals surface area contributed by atoms with Crippen LogP contribution in [0.15, 0.2) is 54.4 Å². The normalized spacial score (nSPS) is 18.7. The fourth-order valence-corrected chi connectivity index (χ4v) is 3.76. The Balaban J connectivity index is 1.73. The molecule has 2 aliphatic heterocycles. The molecule has 0 spiro atoms. The monoisotopic (exact) mass is 350 g/mol. The lowest BCUT2D eigenvalue weighted by atomic mass is 10.0. The van der Waals surface area contributed by atoms with Crippen molar-refractivity contribution < 1.29 is 0 Å². The summed E-state index contributed by atoms with van der Waals surface area (Å²) < 4.78 is 1.96. The number of piperidine rings is 1. The molecule has 4 rings (SSSR count). The van der Waals surface area contributed by atoms with E-state index in [0.717, 1.165) is 48.8 Å². The van der Waals surface area contributed by atoms with Gasteiger partial charge in [-0.1, -0.05) is 30.3 Å². The van der Waals surface area contributed by atoms with Crippen LogP contribution in [0.2, 0.25) is 0 Å². The minimum Gasteiger partial charge on any atom is -0.401 e.